The molecule has 4 heteroatoms. The second-order valence-corrected chi connectivity index (χ2v) is 6.60. The van der Waals surface area contributed by atoms with Crippen LogP contribution >= 0.6 is 12.2 Å². The van der Waals surface area contributed by atoms with Gasteiger partial charge in [-0.25, -0.2) is 0 Å². The van der Waals surface area contributed by atoms with Gasteiger partial charge in [0, 0.05) is 30.7 Å². The minimum Gasteiger partial charge on any atom is -0.342 e. The van der Waals surface area contributed by atoms with Crippen LogP contribution in [0.4, 0.5) is 5.69 Å². The number of nitrogens with zero attached hydrogens (tertiary/aromatic N) is 2. The molecule has 1 aliphatic carbocycles. The average molecular weight is 325 g/mol. The molecule has 3 nitrogen and oxygen atoms in total. The first-order valence-corrected chi connectivity index (χ1v) is 8.66. The first kappa shape index (κ1) is 15.9. The normalized spacial score (nSPS) is 14.7. The van der Waals surface area contributed by atoms with Gasteiger partial charge in [-0.3, -0.25) is 4.98 Å². The SMILES string of the molecule is Cc1ccc(NC(=S)N(Cc2ccncc2)C2CCCC2)cc1. The number of nitrogens with one attached hydrogen (secondary N) is 1. The molecule has 3 rings (SSSR count). The van der Waals surface area contributed by atoms with Gasteiger partial charge in [0.05, 0.1) is 0 Å². The predicted molar refractivity (Wildman–Crippen MR) is 99.4 cm³/mol. The van der Waals surface area contributed by atoms with E-state index in [2.05, 4.69) is 58.5 Å². The number of rotatable bonds is 4. The molecule has 0 saturated heterocycles. The van der Waals surface area contributed by atoms with Crippen molar-refractivity contribution < 1.29 is 0 Å². The Labute approximate surface area is 143 Å². The van der Waals surface area contributed by atoms with Crippen molar-refractivity contribution in [3.05, 3.63) is 59.9 Å². The van der Waals surface area contributed by atoms with E-state index in [1.807, 2.05) is 12.4 Å². The molecule has 1 fully saturated rings. The lowest BCUT2D eigenvalue weighted by molar-refractivity contribution is 0.312. The molecule has 0 spiro atoms. The summed E-state index contributed by atoms with van der Waals surface area (Å²) in [5.74, 6) is 0. The zero-order chi connectivity index (χ0) is 16.1. The number of benzene rings is 1. The van der Waals surface area contributed by atoms with Crippen molar-refractivity contribution in [2.75, 3.05) is 5.32 Å². The number of aryl methyl sites for hydroxylation is 1. The van der Waals surface area contributed by atoms with Crippen molar-refractivity contribution in [3.8, 4) is 0 Å². The molecule has 1 saturated carbocycles. The fraction of sp³-hybridized carbons (Fsp3) is 0.368. The second kappa shape index (κ2) is 7.55. The zero-order valence-corrected chi connectivity index (χ0v) is 14.4. The summed E-state index contributed by atoms with van der Waals surface area (Å²) < 4.78 is 0. The van der Waals surface area contributed by atoms with Crippen LogP contribution in [-0.4, -0.2) is 21.0 Å². The summed E-state index contributed by atoms with van der Waals surface area (Å²) in [6.45, 7) is 2.93. The highest BCUT2D eigenvalue weighted by molar-refractivity contribution is 7.80. The van der Waals surface area contributed by atoms with Crippen molar-refractivity contribution in [2.24, 2.45) is 0 Å². The summed E-state index contributed by atoms with van der Waals surface area (Å²) in [6, 6.07) is 13.0. The molecule has 0 aliphatic heterocycles. The highest BCUT2D eigenvalue weighted by atomic mass is 32.1. The van der Waals surface area contributed by atoms with E-state index in [4.69, 9.17) is 12.2 Å². The predicted octanol–water partition coefficient (Wildman–Crippen LogP) is 4.53. The van der Waals surface area contributed by atoms with Crippen LogP contribution in [0, 0.1) is 6.92 Å². The second-order valence-electron chi connectivity index (χ2n) is 6.22. The highest BCUT2D eigenvalue weighted by Crippen LogP contribution is 2.26. The molecule has 1 aromatic carbocycles. The molecular weight excluding hydrogens is 302 g/mol. The molecule has 0 unspecified atom stereocenters. The van der Waals surface area contributed by atoms with Gasteiger partial charge in [0.15, 0.2) is 5.11 Å². The van der Waals surface area contributed by atoms with Crippen LogP contribution in [0.25, 0.3) is 0 Å². The van der Waals surface area contributed by atoms with Crippen molar-refractivity contribution in [1.82, 2.24) is 9.88 Å². The average Bonchev–Trinajstić information content (AvgIpc) is 3.10. The Hall–Kier alpha value is -1.94. The van der Waals surface area contributed by atoms with E-state index in [1.54, 1.807) is 0 Å². The molecule has 2 aromatic rings. The molecule has 0 atom stereocenters. The van der Waals surface area contributed by atoms with Crippen LogP contribution in [0.1, 0.15) is 36.8 Å². The Bertz CT molecular complexity index is 633. The van der Waals surface area contributed by atoms with Crippen molar-refractivity contribution in [3.63, 3.8) is 0 Å². The summed E-state index contributed by atoms with van der Waals surface area (Å²) in [6.07, 6.45) is 8.73. The third-order valence-corrected chi connectivity index (χ3v) is 4.77. The summed E-state index contributed by atoms with van der Waals surface area (Å²) in [5.41, 5.74) is 3.56. The Morgan fingerprint density at radius 3 is 2.43 bits per heavy atom. The summed E-state index contributed by atoms with van der Waals surface area (Å²) in [7, 11) is 0. The Morgan fingerprint density at radius 2 is 1.78 bits per heavy atom. The van der Waals surface area contributed by atoms with Gasteiger partial charge in [0.2, 0.25) is 0 Å². The van der Waals surface area contributed by atoms with E-state index in [-0.39, 0.29) is 0 Å². The number of anilines is 1. The number of aromatic nitrogens is 1. The third kappa shape index (κ3) is 4.29. The zero-order valence-electron chi connectivity index (χ0n) is 13.5. The van der Waals surface area contributed by atoms with E-state index >= 15 is 0 Å². The molecule has 1 N–H and O–H groups in total. The summed E-state index contributed by atoms with van der Waals surface area (Å²) in [4.78, 5) is 6.45. The van der Waals surface area contributed by atoms with E-state index in [0.717, 1.165) is 17.3 Å². The highest BCUT2D eigenvalue weighted by Gasteiger charge is 2.24. The molecule has 0 amide bonds. The maximum Gasteiger partial charge on any atom is 0.173 e. The van der Waals surface area contributed by atoms with Crippen molar-refractivity contribution >= 4 is 23.0 Å². The lowest BCUT2D eigenvalue weighted by atomic mass is 10.2. The Balaban J connectivity index is 1.73. The van der Waals surface area contributed by atoms with Gasteiger partial charge in [-0.05, 0) is 61.8 Å². The fourth-order valence-corrected chi connectivity index (χ4v) is 3.43. The maximum absolute atomic E-state index is 5.73. The van der Waals surface area contributed by atoms with Gasteiger partial charge in [-0.15, -0.1) is 0 Å². The fourth-order valence-electron chi connectivity index (χ4n) is 3.10. The van der Waals surface area contributed by atoms with Gasteiger partial charge in [0.1, 0.15) is 0 Å². The molecule has 1 aromatic heterocycles. The quantitative estimate of drug-likeness (QED) is 0.836. The number of hydrogen-bond donors (Lipinski definition) is 1. The molecule has 23 heavy (non-hydrogen) atoms. The molecular formula is C19H23N3S. The molecule has 0 radical (unpaired) electrons. The molecule has 0 bridgehead atoms. The van der Waals surface area contributed by atoms with Gasteiger partial charge < -0.3 is 10.2 Å². The monoisotopic (exact) mass is 325 g/mol. The molecule has 1 aliphatic rings. The van der Waals surface area contributed by atoms with Crippen LogP contribution in [0.3, 0.4) is 0 Å². The van der Waals surface area contributed by atoms with Crippen molar-refractivity contribution in [1.29, 1.82) is 0 Å². The first-order valence-electron chi connectivity index (χ1n) is 8.25. The van der Waals surface area contributed by atoms with E-state index in [1.165, 1.54) is 36.8 Å². The lowest BCUT2D eigenvalue weighted by Crippen LogP contribution is -2.40. The minimum absolute atomic E-state index is 0.536. The maximum atomic E-state index is 5.73. The molecule has 1 heterocycles. The number of thiocarbonyl (C=S) groups is 1. The summed E-state index contributed by atoms with van der Waals surface area (Å²) in [5, 5.41) is 4.23. The van der Waals surface area contributed by atoms with Gasteiger partial charge in [-0.1, -0.05) is 30.5 Å². The topological polar surface area (TPSA) is 28.2 Å². The van der Waals surface area contributed by atoms with E-state index in [0.29, 0.717) is 6.04 Å². The Kier molecular flexibility index (Phi) is 5.23. The number of pyridine rings is 1. The van der Waals surface area contributed by atoms with Gasteiger partial charge in [0.25, 0.3) is 0 Å². The van der Waals surface area contributed by atoms with Gasteiger partial charge in [-0.2, -0.15) is 0 Å². The van der Waals surface area contributed by atoms with E-state index in [9.17, 15) is 0 Å². The standard InChI is InChI=1S/C19H23N3S/c1-15-6-8-17(9-7-15)21-19(23)22(18-4-2-3-5-18)14-16-10-12-20-13-11-16/h6-13,18H,2-5,14H2,1H3,(H,21,23). The first-order chi connectivity index (χ1) is 11.2. The smallest absolute Gasteiger partial charge is 0.173 e. The summed E-state index contributed by atoms with van der Waals surface area (Å²) >= 11 is 5.73. The Morgan fingerprint density at radius 1 is 1.13 bits per heavy atom. The van der Waals surface area contributed by atoms with Crippen LogP contribution in [0.15, 0.2) is 48.8 Å². The largest absolute Gasteiger partial charge is 0.342 e. The van der Waals surface area contributed by atoms with Gasteiger partial charge >= 0.3 is 0 Å². The van der Waals surface area contributed by atoms with Crippen molar-refractivity contribution in [2.45, 2.75) is 45.2 Å². The van der Waals surface area contributed by atoms with Crippen LogP contribution in [-0.2, 0) is 6.54 Å². The van der Waals surface area contributed by atoms with Crippen LogP contribution in [0.2, 0.25) is 0 Å². The minimum atomic E-state index is 0.536. The third-order valence-electron chi connectivity index (χ3n) is 4.43. The number of hydrogen-bond acceptors (Lipinski definition) is 2. The van der Waals surface area contributed by atoms with Crippen LogP contribution < -0.4 is 5.32 Å². The van der Waals surface area contributed by atoms with E-state index < -0.39 is 0 Å². The van der Waals surface area contributed by atoms with Crippen LogP contribution in [0.5, 0.6) is 0 Å². The lowest BCUT2D eigenvalue weighted by Gasteiger charge is -2.32. The molecule has 120 valence electrons.